The maximum Gasteiger partial charge on any atom is 0.205 e. The van der Waals surface area contributed by atoms with E-state index in [0.717, 1.165) is 16.5 Å². The number of aryl methyl sites for hydroxylation is 2. The number of ketones is 1. The number of hydrogen-bond acceptors (Lipinski definition) is 2. The lowest BCUT2D eigenvalue weighted by Gasteiger charge is -1.98. The van der Waals surface area contributed by atoms with Crippen molar-refractivity contribution in [3.63, 3.8) is 0 Å². The molecule has 0 aliphatic heterocycles. The maximum atomic E-state index is 12.5. The van der Waals surface area contributed by atoms with Gasteiger partial charge in [-0.2, -0.15) is 0 Å². The van der Waals surface area contributed by atoms with Gasteiger partial charge in [0.1, 0.15) is 0 Å². The lowest BCUT2D eigenvalue weighted by atomic mass is 10.1. The van der Waals surface area contributed by atoms with Crippen LogP contribution in [0.4, 0.5) is 0 Å². The van der Waals surface area contributed by atoms with Crippen molar-refractivity contribution >= 4 is 39.6 Å². The van der Waals surface area contributed by atoms with Crippen LogP contribution >= 0.6 is 22.9 Å². The Bertz CT molecular complexity index is 785. The first kappa shape index (κ1) is 12.5. The van der Waals surface area contributed by atoms with E-state index < -0.39 is 0 Å². The molecule has 2 heterocycles. The van der Waals surface area contributed by atoms with Gasteiger partial charge in [0.15, 0.2) is 0 Å². The molecule has 0 unspecified atom stereocenters. The number of halogens is 1. The van der Waals surface area contributed by atoms with Crippen LogP contribution in [-0.4, -0.2) is 10.4 Å². The Morgan fingerprint density at radius 2 is 2.05 bits per heavy atom. The van der Waals surface area contributed by atoms with Gasteiger partial charge in [-0.3, -0.25) is 4.79 Å². The molecular weight excluding hydrogens is 278 g/mol. The van der Waals surface area contributed by atoms with E-state index in [1.807, 2.05) is 36.9 Å². The number of aromatic nitrogens is 1. The molecular formula is C15H12ClNOS. The van der Waals surface area contributed by atoms with Crippen molar-refractivity contribution in [3.05, 3.63) is 56.9 Å². The van der Waals surface area contributed by atoms with Crippen LogP contribution in [0.5, 0.6) is 0 Å². The van der Waals surface area contributed by atoms with E-state index in [1.165, 1.54) is 16.9 Å². The highest BCUT2D eigenvalue weighted by molar-refractivity contribution is 7.18. The number of carbonyl (C=O) groups excluding carboxylic acids is 1. The highest BCUT2D eigenvalue weighted by Gasteiger charge is 2.17. The van der Waals surface area contributed by atoms with Crippen LogP contribution in [0.3, 0.4) is 0 Å². The number of hydrogen-bond donors (Lipinski definition) is 0. The summed E-state index contributed by atoms with van der Waals surface area (Å²) in [5, 5.41) is 0.989. The van der Waals surface area contributed by atoms with Crippen LogP contribution in [0, 0.1) is 6.92 Å². The first-order valence-electron chi connectivity index (χ1n) is 5.92. The molecule has 3 aromatic rings. The minimum absolute atomic E-state index is 0.0337. The summed E-state index contributed by atoms with van der Waals surface area (Å²) in [5.74, 6) is 0.0337. The fraction of sp³-hybridized carbons (Fsp3) is 0.133. The molecule has 0 spiro atoms. The van der Waals surface area contributed by atoms with Crippen LogP contribution in [-0.2, 0) is 7.05 Å². The molecule has 3 rings (SSSR count). The molecule has 0 fully saturated rings. The molecule has 4 heteroatoms. The summed E-state index contributed by atoms with van der Waals surface area (Å²) in [6.07, 6.45) is 1.89. The molecule has 0 N–H and O–H groups in total. The van der Waals surface area contributed by atoms with Crippen molar-refractivity contribution in [2.45, 2.75) is 6.92 Å². The predicted octanol–water partition coefficient (Wildman–Crippen LogP) is 4.43. The van der Waals surface area contributed by atoms with Crippen LogP contribution in [0.25, 0.3) is 10.9 Å². The van der Waals surface area contributed by atoms with Gasteiger partial charge in [0.25, 0.3) is 0 Å². The number of fused-ring (bicyclic) bond motifs is 1. The van der Waals surface area contributed by atoms with Crippen LogP contribution in [0.2, 0.25) is 4.34 Å². The molecule has 0 aliphatic rings. The van der Waals surface area contributed by atoms with Crippen molar-refractivity contribution in [1.82, 2.24) is 4.57 Å². The van der Waals surface area contributed by atoms with E-state index in [4.69, 9.17) is 11.6 Å². The molecule has 0 aliphatic carbocycles. The average Bonchev–Trinajstić information content (AvgIpc) is 2.94. The standard InChI is InChI=1S/C15H12ClNOS/c1-9-3-4-10-11(8-17(2)12(10)7-9)15(18)13-5-6-14(16)19-13/h3-8H,1-2H3. The second kappa shape index (κ2) is 4.51. The Hall–Kier alpha value is -1.58. The fourth-order valence-corrected chi connectivity index (χ4v) is 3.24. The fourth-order valence-electron chi connectivity index (χ4n) is 2.24. The smallest absolute Gasteiger partial charge is 0.205 e. The molecule has 2 aromatic heterocycles. The molecule has 0 bridgehead atoms. The SMILES string of the molecule is Cc1ccc2c(C(=O)c3ccc(Cl)s3)cn(C)c2c1. The second-order valence-corrected chi connectivity index (χ2v) is 6.32. The summed E-state index contributed by atoms with van der Waals surface area (Å²) >= 11 is 7.22. The summed E-state index contributed by atoms with van der Waals surface area (Å²) in [4.78, 5) is 13.2. The average molecular weight is 290 g/mol. The third kappa shape index (κ3) is 2.09. The molecule has 0 saturated heterocycles. The highest BCUT2D eigenvalue weighted by atomic mass is 35.5. The number of thiophene rings is 1. The highest BCUT2D eigenvalue weighted by Crippen LogP contribution is 2.28. The number of benzene rings is 1. The molecule has 2 nitrogen and oxygen atoms in total. The Morgan fingerprint density at radius 1 is 1.26 bits per heavy atom. The van der Waals surface area contributed by atoms with E-state index in [2.05, 4.69) is 6.07 Å². The zero-order chi connectivity index (χ0) is 13.6. The van der Waals surface area contributed by atoms with Crippen molar-refractivity contribution in [2.75, 3.05) is 0 Å². The third-order valence-corrected chi connectivity index (χ3v) is 4.42. The van der Waals surface area contributed by atoms with Crippen molar-refractivity contribution in [3.8, 4) is 0 Å². The molecule has 96 valence electrons. The normalized spacial score (nSPS) is 11.1. The summed E-state index contributed by atoms with van der Waals surface area (Å²) in [6.45, 7) is 2.05. The Morgan fingerprint density at radius 3 is 2.74 bits per heavy atom. The minimum Gasteiger partial charge on any atom is -0.350 e. The lowest BCUT2D eigenvalue weighted by molar-refractivity contribution is 0.104. The number of nitrogens with zero attached hydrogens (tertiary/aromatic N) is 1. The number of carbonyl (C=O) groups is 1. The van der Waals surface area contributed by atoms with Gasteiger partial charge in [0.05, 0.1) is 9.21 Å². The molecule has 0 atom stereocenters. The molecule has 19 heavy (non-hydrogen) atoms. The van der Waals surface area contributed by atoms with Crippen LogP contribution in [0.15, 0.2) is 36.5 Å². The zero-order valence-corrected chi connectivity index (χ0v) is 12.2. The Kier molecular flexibility index (Phi) is 2.96. The van der Waals surface area contributed by atoms with Gasteiger partial charge in [-0.1, -0.05) is 23.7 Å². The second-order valence-electron chi connectivity index (χ2n) is 4.61. The molecule has 0 amide bonds. The van der Waals surface area contributed by atoms with Gasteiger partial charge in [0.2, 0.25) is 5.78 Å². The van der Waals surface area contributed by atoms with E-state index in [0.29, 0.717) is 9.21 Å². The topological polar surface area (TPSA) is 22.0 Å². The zero-order valence-electron chi connectivity index (χ0n) is 10.6. The minimum atomic E-state index is 0.0337. The van der Waals surface area contributed by atoms with Gasteiger partial charge in [-0.25, -0.2) is 0 Å². The van der Waals surface area contributed by atoms with Crippen molar-refractivity contribution < 1.29 is 4.79 Å². The molecule has 1 aromatic carbocycles. The first-order valence-corrected chi connectivity index (χ1v) is 7.11. The van der Waals surface area contributed by atoms with E-state index in [9.17, 15) is 4.79 Å². The van der Waals surface area contributed by atoms with Gasteiger partial charge >= 0.3 is 0 Å². The van der Waals surface area contributed by atoms with Gasteiger partial charge in [-0.15, -0.1) is 11.3 Å². The van der Waals surface area contributed by atoms with Crippen LogP contribution in [0.1, 0.15) is 20.8 Å². The van der Waals surface area contributed by atoms with E-state index in [1.54, 1.807) is 12.1 Å². The van der Waals surface area contributed by atoms with Gasteiger partial charge in [0, 0.05) is 29.7 Å². The summed E-state index contributed by atoms with van der Waals surface area (Å²) in [6, 6.07) is 9.66. The van der Waals surface area contributed by atoms with Gasteiger partial charge < -0.3 is 4.57 Å². The van der Waals surface area contributed by atoms with Gasteiger partial charge in [-0.05, 0) is 30.7 Å². The molecule has 0 radical (unpaired) electrons. The largest absolute Gasteiger partial charge is 0.350 e. The Balaban J connectivity index is 2.18. The van der Waals surface area contributed by atoms with Crippen molar-refractivity contribution in [1.29, 1.82) is 0 Å². The lowest BCUT2D eigenvalue weighted by Crippen LogP contribution is -1.97. The first-order chi connectivity index (χ1) is 9.06. The van der Waals surface area contributed by atoms with E-state index >= 15 is 0 Å². The van der Waals surface area contributed by atoms with Crippen molar-refractivity contribution in [2.24, 2.45) is 7.05 Å². The predicted molar refractivity (Wildman–Crippen MR) is 80.4 cm³/mol. The molecule has 0 saturated carbocycles. The summed E-state index contributed by atoms with van der Waals surface area (Å²) in [5.41, 5.74) is 2.99. The third-order valence-electron chi connectivity index (χ3n) is 3.19. The maximum absolute atomic E-state index is 12.5. The van der Waals surface area contributed by atoms with E-state index in [-0.39, 0.29) is 5.78 Å². The monoisotopic (exact) mass is 289 g/mol. The number of rotatable bonds is 2. The van der Waals surface area contributed by atoms with Crippen LogP contribution < -0.4 is 0 Å². The summed E-state index contributed by atoms with van der Waals surface area (Å²) < 4.78 is 2.63. The quantitative estimate of drug-likeness (QED) is 0.640. The Labute approximate surface area is 120 Å². The summed E-state index contributed by atoms with van der Waals surface area (Å²) in [7, 11) is 1.96.